The lowest BCUT2D eigenvalue weighted by atomic mass is 10.3. The van der Waals surface area contributed by atoms with E-state index in [0.717, 1.165) is 16.3 Å². The van der Waals surface area contributed by atoms with Gasteiger partial charge in [0.25, 0.3) is 5.91 Å². The van der Waals surface area contributed by atoms with Crippen molar-refractivity contribution < 1.29 is 4.79 Å². The maximum absolute atomic E-state index is 11.1. The SMILES string of the molecule is CSc1nccc(-c2sc(C(N)=O)nc2C)n1. The Morgan fingerprint density at radius 1 is 1.47 bits per heavy atom. The zero-order valence-electron chi connectivity index (χ0n) is 9.30. The van der Waals surface area contributed by atoms with Crippen LogP contribution in [0.2, 0.25) is 0 Å². The summed E-state index contributed by atoms with van der Waals surface area (Å²) in [6.07, 6.45) is 3.60. The Labute approximate surface area is 107 Å². The van der Waals surface area contributed by atoms with Gasteiger partial charge in [-0.15, -0.1) is 11.3 Å². The number of carbonyl (C=O) groups is 1. The minimum Gasteiger partial charge on any atom is -0.364 e. The molecular formula is C10H10N4OS2. The molecule has 0 aliphatic rings. The molecule has 2 heterocycles. The zero-order valence-corrected chi connectivity index (χ0v) is 10.9. The second-order valence-electron chi connectivity index (χ2n) is 3.23. The van der Waals surface area contributed by atoms with Crippen molar-refractivity contribution >= 4 is 29.0 Å². The summed E-state index contributed by atoms with van der Waals surface area (Å²) in [6.45, 7) is 1.83. The van der Waals surface area contributed by atoms with Crippen LogP contribution in [0, 0.1) is 6.92 Å². The van der Waals surface area contributed by atoms with Crippen molar-refractivity contribution in [1.82, 2.24) is 15.0 Å². The molecule has 0 bridgehead atoms. The van der Waals surface area contributed by atoms with Crippen LogP contribution in [0.15, 0.2) is 17.4 Å². The Morgan fingerprint density at radius 3 is 2.82 bits per heavy atom. The van der Waals surface area contributed by atoms with E-state index in [2.05, 4.69) is 15.0 Å². The molecule has 0 unspecified atom stereocenters. The number of amides is 1. The van der Waals surface area contributed by atoms with E-state index in [0.29, 0.717) is 10.2 Å². The van der Waals surface area contributed by atoms with E-state index in [1.54, 1.807) is 12.3 Å². The van der Waals surface area contributed by atoms with Gasteiger partial charge in [-0.05, 0) is 19.2 Å². The molecule has 0 aliphatic heterocycles. The van der Waals surface area contributed by atoms with Crippen LogP contribution in [0.5, 0.6) is 0 Å². The van der Waals surface area contributed by atoms with E-state index in [1.807, 2.05) is 13.2 Å². The largest absolute Gasteiger partial charge is 0.364 e. The molecule has 0 radical (unpaired) electrons. The number of aromatic nitrogens is 3. The third-order valence-electron chi connectivity index (χ3n) is 2.06. The topological polar surface area (TPSA) is 81.8 Å². The van der Waals surface area contributed by atoms with Crippen molar-refractivity contribution in [2.24, 2.45) is 5.73 Å². The summed E-state index contributed by atoms with van der Waals surface area (Å²) in [7, 11) is 0. The molecule has 1 amide bonds. The average Bonchev–Trinajstić information content (AvgIpc) is 2.72. The van der Waals surface area contributed by atoms with E-state index < -0.39 is 5.91 Å². The van der Waals surface area contributed by atoms with Gasteiger partial charge in [0, 0.05) is 6.20 Å². The first-order valence-electron chi connectivity index (χ1n) is 4.76. The zero-order chi connectivity index (χ0) is 12.4. The monoisotopic (exact) mass is 266 g/mol. The van der Waals surface area contributed by atoms with Crippen LogP contribution in [-0.4, -0.2) is 27.1 Å². The third kappa shape index (κ3) is 2.45. The quantitative estimate of drug-likeness (QED) is 0.676. The minimum atomic E-state index is -0.511. The summed E-state index contributed by atoms with van der Waals surface area (Å²) in [4.78, 5) is 24.5. The number of aryl methyl sites for hydroxylation is 1. The first-order chi connectivity index (χ1) is 8.11. The first-order valence-corrected chi connectivity index (χ1v) is 6.80. The van der Waals surface area contributed by atoms with Crippen LogP contribution in [0.1, 0.15) is 15.5 Å². The maximum Gasteiger partial charge on any atom is 0.277 e. The molecule has 0 aromatic carbocycles. The van der Waals surface area contributed by atoms with Crippen molar-refractivity contribution in [3.05, 3.63) is 23.0 Å². The van der Waals surface area contributed by atoms with E-state index in [-0.39, 0.29) is 0 Å². The second kappa shape index (κ2) is 4.80. The summed E-state index contributed by atoms with van der Waals surface area (Å²) in [5.74, 6) is -0.511. The molecule has 2 rings (SSSR count). The number of thiazole rings is 1. The Bertz CT molecular complexity index is 567. The van der Waals surface area contributed by atoms with Gasteiger partial charge in [0.2, 0.25) is 0 Å². The van der Waals surface area contributed by atoms with Gasteiger partial charge in [-0.25, -0.2) is 15.0 Å². The van der Waals surface area contributed by atoms with E-state index >= 15 is 0 Å². The average molecular weight is 266 g/mol. The van der Waals surface area contributed by atoms with E-state index in [9.17, 15) is 4.79 Å². The number of thioether (sulfide) groups is 1. The van der Waals surface area contributed by atoms with Gasteiger partial charge in [0.1, 0.15) is 0 Å². The number of primary amides is 1. The molecule has 0 saturated carbocycles. The second-order valence-corrected chi connectivity index (χ2v) is 5.00. The number of rotatable bonds is 3. The first kappa shape index (κ1) is 12.0. The number of hydrogen-bond donors (Lipinski definition) is 1. The Kier molecular flexibility index (Phi) is 3.39. The molecule has 0 saturated heterocycles. The number of carbonyl (C=O) groups excluding carboxylic acids is 1. The lowest BCUT2D eigenvalue weighted by Gasteiger charge is -1.99. The van der Waals surface area contributed by atoms with Crippen LogP contribution in [-0.2, 0) is 0 Å². The van der Waals surface area contributed by atoms with Gasteiger partial charge >= 0.3 is 0 Å². The third-order valence-corrected chi connectivity index (χ3v) is 3.81. The number of nitrogens with two attached hydrogens (primary N) is 1. The fourth-order valence-corrected chi connectivity index (χ4v) is 2.55. The van der Waals surface area contributed by atoms with Crippen molar-refractivity contribution in [3.63, 3.8) is 0 Å². The lowest BCUT2D eigenvalue weighted by molar-refractivity contribution is 0.1000. The van der Waals surface area contributed by atoms with Crippen LogP contribution in [0.25, 0.3) is 10.6 Å². The highest BCUT2D eigenvalue weighted by atomic mass is 32.2. The van der Waals surface area contributed by atoms with Crippen LogP contribution >= 0.6 is 23.1 Å². The molecular weight excluding hydrogens is 256 g/mol. The molecule has 17 heavy (non-hydrogen) atoms. The molecule has 0 spiro atoms. The van der Waals surface area contributed by atoms with Gasteiger partial charge in [0.05, 0.1) is 16.3 Å². The predicted molar refractivity (Wildman–Crippen MR) is 68.2 cm³/mol. The summed E-state index contributed by atoms with van der Waals surface area (Å²) >= 11 is 2.72. The summed E-state index contributed by atoms with van der Waals surface area (Å²) < 4.78 is 0. The standard InChI is InChI=1S/C10H10N4OS2/c1-5-7(17-9(13-5)8(11)15)6-3-4-12-10(14-6)16-2/h3-4H,1-2H3,(H2,11,15). The summed E-state index contributed by atoms with van der Waals surface area (Å²) in [5.41, 5.74) is 6.73. The molecule has 2 N–H and O–H groups in total. The molecule has 2 aromatic rings. The van der Waals surface area contributed by atoms with Crippen LogP contribution in [0.3, 0.4) is 0 Å². The lowest BCUT2D eigenvalue weighted by Crippen LogP contribution is -2.10. The Hall–Kier alpha value is -1.47. The van der Waals surface area contributed by atoms with Gasteiger partial charge in [0.15, 0.2) is 10.2 Å². The highest BCUT2D eigenvalue weighted by Crippen LogP contribution is 2.28. The summed E-state index contributed by atoms with van der Waals surface area (Å²) in [5, 5.41) is 0.998. The van der Waals surface area contributed by atoms with Crippen molar-refractivity contribution in [3.8, 4) is 10.6 Å². The Balaban J connectivity index is 2.48. The summed E-state index contributed by atoms with van der Waals surface area (Å²) in [6, 6.07) is 1.80. The predicted octanol–water partition coefficient (Wildman–Crippen LogP) is 1.73. The fraction of sp³-hybridized carbons (Fsp3) is 0.200. The highest BCUT2D eigenvalue weighted by Gasteiger charge is 2.14. The highest BCUT2D eigenvalue weighted by molar-refractivity contribution is 7.98. The number of nitrogens with zero attached hydrogens (tertiary/aromatic N) is 3. The molecule has 5 nitrogen and oxygen atoms in total. The number of hydrogen-bond acceptors (Lipinski definition) is 6. The molecule has 88 valence electrons. The minimum absolute atomic E-state index is 0.307. The smallest absolute Gasteiger partial charge is 0.277 e. The van der Waals surface area contributed by atoms with Crippen LogP contribution < -0.4 is 5.73 Å². The van der Waals surface area contributed by atoms with Gasteiger partial charge in [-0.1, -0.05) is 11.8 Å². The molecule has 0 atom stereocenters. The van der Waals surface area contributed by atoms with Gasteiger partial charge in [-0.3, -0.25) is 4.79 Å². The molecule has 0 aliphatic carbocycles. The van der Waals surface area contributed by atoms with Crippen molar-refractivity contribution in [2.75, 3.05) is 6.26 Å². The van der Waals surface area contributed by atoms with Crippen LogP contribution in [0.4, 0.5) is 0 Å². The molecule has 2 aromatic heterocycles. The Morgan fingerprint density at radius 2 is 2.24 bits per heavy atom. The molecule has 7 heteroatoms. The normalized spacial score (nSPS) is 10.5. The van der Waals surface area contributed by atoms with Gasteiger partial charge in [-0.2, -0.15) is 0 Å². The maximum atomic E-state index is 11.1. The van der Waals surface area contributed by atoms with Crippen molar-refractivity contribution in [2.45, 2.75) is 12.1 Å². The van der Waals surface area contributed by atoms with E-state index in [1.165, 1.54) is 23.1 Å². The molecule has 0 fully saturated rings. The van der Waals surface area contributed by atoms with Crippen molar-refractivity contribution in [1.29, 1.82) is 0 Å². The van der Waals surface area contributed by atoms with Gasteiger partial charge < -0.3 is 5.73 Å². The fourth-order valence-electron chi connectivity index (χ4n) is 1.31. The van der Waals surface area contributed by atoms with E-state index in [4.69, 9.17) is 5.73 Å².